The second-order valence-corrected chi connectivity index (χ2v) is 4.65. The molecule has 0 aliphatic carbocycles. The smallest absolute Gasteiger partial charge is 0.308 e. The van der Waals surface area contributed by atoms with Crippen LogP contribution < -0.4 is 0 Å². The SMILES string of the molecule is CCCC(C)C(=O)N1CCCC(C(=O)O)C1. The van der Waals surface area contributed by atoms with E-state index in [1.54, 1.807) is 4.90 Å². The van der Waals surface area contributed by atoms with E-state index in [4.69, 9.17) is 5.11 Å². The maximum Gasteiger partial charge on any atom is 0.308 e. The van der Waals surface area contributed by atoms with Gasteiger partial charge in [-0.05, 0) is 19.3 Å². The van der Waals surface area contributed by atoms with E-state index in [0.29, 0.717) is 13.0 Å². The first-order valence-electron chi connectivity index (χ1n) is 6.07. The Bertz CT molecular complexity index is 265. The molecule has 0 aromatic heterocycles. The summed E-state index contributed by atoms with van der Waals surface area (Å²) < 4.78 is 0. The maximum atomic E-state index is 12.0. The van der Waals surface area contributed by atoms with E-state index in [2.05, 4.69) is 6.92 Å². The van der Waals surface area contributed by atoms with Crippen molar-refractivity contribution in [1.82, 2.24) is 4.90 Å². The number of carboxylic acids is 1. The fraction of sp³-hybridized carbons (Fsp3) is 0.833. The third kappa shape index (κ3) is 3.22. The molecule has 92 valence electrons. The Morgan fingerprint density at radius 3 is 2.75 bits per heavy atom. The summed E-state index contributed by atoms with van der Waals surface area (Å²) in [6.45, 7) is 5.09. The van der Waals surface area contributed by atoms with Crippen LogP contribution in [0.3, 0.4) is 0 Å². The Kier molecular flexibility index (Phi) is 4.77. The van der Waals surface area contributed by atoms with Crippen LogP contribution in [0.2, 0.25) is 0 Å². The summed E-state index contributed by atoms with van der Waals surface area (Å²) in [5, 5.41) is 8.94. The van der Waals surface area contributed by atoms with Crippen LogP contribution in [0.15, 0.2) is 0 Å². The van der Waals surface area contributed by atoms with E-state index in [9.17, 15) is 9.59 Å². The molecule has 0 radical (unpaired) electrons. The van der Waals surface area contributed by atoms with Crippen LogP contribution in [-0.4, -0.2) is 35.0 Å². The number of carbonyl (C=O) groups is 2. The highest BCUT2D eigenvalue weighted by molar-refractivity contribution is 5.79. The Labute approximate surface area is 96.6 Å². The van der Waals surface area contributed by atoms with E-state index in [0.717, 1.165) is 25.8 Å². The topological polar surface area (TPSA) is 57.6 Å². The molecular formula is C12H21NO3. The molecule has 0 aromatic carbocycles. The fourth-order valence-electron chi connectivity index (χ4n) is 2.25. The lowest BCUT2D eigenvalue weighted by atomic mass is 9.96. The molecule has 2 atom stereocenters. The largest absolute Gasteiger partial charge is 0.481 e. The molecule has 0 aromatic rings. The first-order valence-corrected chi connectivity index (χ1v) is 6.07. The number of aliphatic carboxylic acids is 1. The fourth-order valence-corrected chi connectivity index (χ4v) is 2.25. The number of amides is 1. The van der Waals surface area contributed by atoms with E-state index < -0.39 is 5.97 Å². The molecule has 16 heavy (non-hydrogen) atoms. The van der Waals surface area contributed by atoms with Crippen molar-refractivity contribution in [3.63, 3.8) is 0 Å². The van der Waals surface area contributed by atoms with Gasteiger partial charge in [0.1, 0.15) is 0 Å². The lowest BCUT2D eigenvalue weighted by molar-refractivity contribution is -0.146. The molecule has 1 N–H and O–H groups in total. The van der Waals surface area contributed by atoms with Gasteiger partial charge in [0.15, 0.2) is 0 Å². The van der Waals surface area contributed by atoms with Crippen LogP contribution in [0.5, 0.6) is 0 Å². The standard InChI is InChI=1S/C12H21NO3/c1-3-5-9(2)11(14)13-7-4-6-10(8-13)12(15)16/h9-10H,3-8H2,1-2H3,(H,15,16). The van der Waals surface area contributed by atoms with Crippen molar-refractivity contribution < 1.29 is 14.7 Å². The highest BCUT2D eigenvalue weighted by Crippen LogP contribution is 2.19. The first-order chi connectivity index (χ1) is 7.56. The molecule has 2 unspecified atom stereocenters. The average Bonchev–Trinajstić information content (AvgIpc) is 2.28. The molecule has 1 fully saturated rings. The molecule has 1 aliphatic heterocycles. The van der Waals surface area contributed by atoms with Gasteiger partial charge in [0.2, 0.25) is 5.91 Å². The Balaban J connectivity index is 2.53. The number of nitrogens with zero attached hydrogens (tertiary/aromatic N) is 1. The highest BCUT2D eigenvalue weighted by atomic mass is 16.4. The minimum atomic E-state index is -0.777. The second-order valence-electron chi connectivity index (χ2n) is 4.65. The maximum absolute atomic E-state index is 12.0. The summed E-state index contributed by atoms with van der Waals surface area (Å²) in [4.78, 5) is 24.6. The Hall–Kier alpha value is -1.06. The van der Waals surface area contributed by atoms with Gasteiger partial charge in [-0.25, -0.2) is 0 Å². The van der Waals surface area contributed by atoms with Gasteiger partial charge in [-0.3, -0.25) is 9.59 Å². The number of hydrogen-bond donors (Lipinski definition) is 1. The summed E-state index contributed by atoms with van der Waals surface area (Å²) in [5.41, 5.74) is 0. The van der Waals surface area contributed by atoms with E-state index in [1.807, 2.05) is 6.92 Å². The van der Waals surface area contributed by atoms with Gasteiger partial charge < -0.3 is 10.0 Å². The van der Waals surface area contributed by atoms with Crippen LogP contribution in [0.25, 0.3) is 0 Å². The third-order valence-corrected chi connectivity index (χ3v) is 3.23. The van der Waals surface area contributed by atoms with Gasteiger partial charge >= 0.3 is 5.97 Å². The van der Waals surface area contributed by atoms with Gasteiger partial charge in [-0.15, -0.1) is 0 Å². The van der Waals surface area contributed by atoms with Crippen molar-refractivity contribution >= 4 is 11.9 Å². The molecule has 4 heteroatoms. The molecular weight excluding hydrogens is 206 g/mol. The minimum Gasteiger partial charge on any atom is -0.481 e. The van der Waals surface area contributed by atoms with Crippen LogP contribution in [0.1, 0.15) is 39.5 Å². The summed E-state index contributed by atoms with van der Waals surface area (Å²) in [7, 11) is 0. The molecule has 1 heterocycles. The predicted octanol–water partition coefficient (Wildman–Crippen LogP) is 1.75. The molecule has 1 rings (SSSR count). The lowest BCUT2D eigenvalue weighted by Gasteiger charge is -2.32. The molecule has 1 aliphatic rings. The van der Waals surface area contributed by atoms with E-state index >= 15 is 0 Å². The van der Waals surface area contributed by atoms with Crippen molar-refractivity contribution in [3.05, 3.63) is 0 Å². The third-order valence-electron chi connectivity index (χ3n) is 3.23. The van der Waals surface area contributed by atoms with Crippen molar-refractivity contribution in [2.45, 2.75) is 39.5 Å². The first kappa shape index (κ1) is 13.0. The average molecular weight is 227 g/mol. The van der Waals surface area contributed by atoms with Crippen LogP contribution in [0, 0.1) is 11.8 Å². The van der Waals surface area contributed by atoms with Gasteiger partial charge in [0.25, 0.3) is 0 Å². The number of rotatable bonds is 4. The normalized spacial score (nSPS) is 22.9. The molecule has 4 nitrogen and oxygen atoms in total. The quantitative estimate of drug-likeness (QED) is 0.796. The van der Waals surface area contributed by atoms with Crippen LogP contribution >= 0.6 is 0 Å². The van der Waals surface area contributed by atoms with Gasteiger partial charge in [0.05, 0.1) is 5.92 Å². The predicted molar refractivity (Wildman–Crippen MR) is 61.0 cm³/mol. The Morgan fingerprint density at radius 1 is 1.50 bits per heavy atom. The highest BCUT2D eigenvalue weighted by Gasteiger charge is 2.29. The van der Waals surface area contributed by atoms with E-state index in [-0.39, 0.29) is 17.7 Å². The number of likely N-dealkylation sites (tertiary alicyclic amines) is 1. The van der Waals surface area contributed by atoms with Crippen LogP contribution in [-0.2, 0) is 9.59 Å². The number of carboxylic acid groups (broad SMARTS) is 1. The zero-order chi connectivity index (χ0) is 12.1. The van der Waals surface area contributed by atoms with Crippen molar-refractivity contribution in [3.8, 4) is 0 Å². The molecule has 0 spiro atoms. The zero-order valence-corrected chi connectivity index (χ0v) is 10.1. The molecule has 0 saturated carbocycles. The van der Waals surface area contributed by atoms with Crippen molar-refractivity contribution in [1.29, 1.82) is 0 Å². The van der Waals surface area contributed by atoms with Crippen molar-refractivity contribution in [2.75, 3.05) is 13.1 Å². The van der Waals surface area contributed by atoms with Crippen molar-refractivity contribution in [2.24, 2.45) is 11.8 Å². The summed E-state index contributed by atoms with van der Waals surface area (Å²) >= 11 is 0. The summed E-state index contributed by atoms with van der Waals surface area (Å²) in [6.07, 6.45) is 3.37. The monoisotopic (exact) mass is 227 g/mol. The van der Waals surface area contributed by atoms with Gasteiger partial charge in [-0.2, -0.15) is 0 Å². The number of carbonyl (C=O) groups excluding carboxylic acids is 1. The van der Waals surface area contributed by atoms with Gasteiger partial charge in [0, 0.05) is 19.0 Å². The minimum absolute atomic E-state index is 0.0255. The van der Waals surface area contributed by atoms with Crippen LogP contribution in [0.4, 0.5) is 0 Å². The van der Waals surface area contributed by atoms with E-state index in [1.165, 1.54) is 0 Å². The molecule has 0 bridgehead atoms. The summed E-state index contributed by atoms with van der Waals surface area (Å²) in [6, 6.07) is 0. The summed E-state index contributed by atoms with van der Waals surface area (Å²) in [5.74, 6) is -1.00. The lowest BCUT2D eigenvalue weighted by Crippen LogP contribution is -2.44. The molecule has 1 saturated heterocycles. The number of hydrogen-bond acceptors (Lipinski definition) is 2. The zero-order valence-electron chi connectivity index (χ0n) is 10.1. The second kappa shape index (κ2) is 5.87. The number of piperidine rings is 1. The molecule has 1 amide bonds. The Morgan fingerprint density at radius 2 is 2.19 bits per heavy atom. The van der Waals surface area contributed by atoms with Gasteiger partial charge in [-0.1, -0.05) is 20.3 Å².